The molecule has 2 N–H and O–H groups in total. The molecule has 0 radical (unpaired) electrons. The van der Waals surface area contributed by atoms with E-state index in [9.17, 15) is 9.90 Å². The van der Waals surface area contributed by atoms with E-state index in [-0.39, 0.29) is 17.1 Å². The first kappa shape index (κ1) is 14.7. The van der Waals surface area contributed by atoms with Crippen LogP contribution in [0, 0.1) is 0 Å². The highest BCUT2D eigenvalue weighted by atomic mass is 32.2. The molecule has 1 aliphatic heterocycles. The Balaban J connectivity index is 2.16. The van der Waals surface area contributed by atoms with Crippen molar-refractivity contribution in [3.05, 3.63) is 5.82 Å². The van der Waals surface area contributed by atoms with Crippen molar-refractivity contribution >= 4 is 29.5 Å². The number of nitrogens with zero attached hydrogens (tertiary/aromatic N) is 3. The summed E-state index contributed by atoms with van der Waals surface area (Å²) in [5.41, 5.74) is 0. The fourth-order valence-corrected chi connectivity index (χ4v) is 4.09. The molecule has 0 aliphatic carbocycles. The number of carboxylic acids is 1. The van der Waals surface area contributed by atoms with Gasteiger partial charge in [-0.3, -0.25) is 4.79 Å². The van der Waals surface area contributed by atoms with E-state index in [1.165, 1.54) is 6.42 Å². The Labute approximate surface area is 120 Å². The maximum absolute atomic E-state index is 10.6. The molecule has 0 saturated carbocycles. The summed E-state index contributed by atoms with van der Waals surface area (Å²) in [7, 11) is 0. The number of carboxylic acid groups (broad SMARTS) is 1. The highest BCUT2D eigenvalue weighted by Crippen LogP contribution is 2.39. The Morgan fingerprint density at radius 3 is 2.95 bits per heavy atom. The fraction of sp³-hybridized carbons (Fsp3) is 0.727. The zero-order valence-electron chi connectivity index (χ0n) is 10.7. The van der Waals surface area contributed by atoms with Crippen molar-refractivity contribution in [1.29, 1.82) is 0 Å². The predicted octanol–water partition coefficient (Wildman–Crippen LogP) is 1.23. The summed E-state index contributed by atoms with van der Waals surface area (Å²) in [6, 6.07) is 0. The monoisotopic (exact) mass is 303 g/mol. The third kappa shape index (κ3) is 3.64. The predicted molar refractivity (Wildman–Crippen MR) is 74.4 cm³/mol. The van der Waals surface area contributed by atoms with Crippen molar-refractivity contribution < 1.29 is 15.0 Å². The number of aliphatic hydroxyl groups excluding tert-OH is 1. The smallest absolute Gasteiger partial charge is 0.313 e. The SMILES string of the molecule is CC1(Cn2c(CO)nnc2SCC(=O)O)CCCS1. The number of aliphatic carboxylic acids is 1. The van der Waals surface area contributed by atoms with Gasteiger partial charge in [-0.05, 0) is 25.5 Å². The van der Waals surface area contributed by atoms with Crippen LogP contribution in [-0.2, 0) is 17.9 Å². The number of rotatable bonds is 6. The van der Waals surface area contributed by atoms with E-state index in [0.29, 0.717) is 17.5 Å². The van der Waals surface area contributed by atoms with Gasteiger partial charge >= 0.3 is 5.97 Å². The van der Waals surface area contributed by atoms with Gasteiger partial charge < -0.3 is 14.8 Å². The highest BCUT2D eigenvalue weighted by Gasteiger charge is 2.31. The molecule has 1 aliphatic rings. The van der Waals surface area contributed by atoms with Gasteiger partial charge in [0, 0.05) is 11.3 Å². The summed E-state index contributed by atoms with van der Waals surface area (Å²) < 4.78 is 1.97. The lowest BCUT2D eigenvalue weighted by Crippen LogP contribution is -2.25. The van der Waals surface area contributed by atoms with Crippen molar-refractivity contribution in [2.24, 2.45) is 0 Å². The molecule has 2 rings (SSSR count). The summed E-state index contributed by atoms with van der Waals surface area (Å²) >= 11 is 3.05. The van der Waals surface area contributed by atoms with E-state index in [2.05, 4.69) is 17.1 Å². The van der Waals surface area contributed by atoms with E-state index in [1.807, 2.05) is 16.3 Å². The average Bonchev–Trinajstić information content (AvgIpc) is 2.94. The van der Waals surface area contributed by atoms with Gasteiger partial charge in [0.15, 0.2) is 11.0 Å². The topological polar surface area (TPSA) is 88.2 Å². The quantitative estimate of drug-likeness (QED) is 0.764. The summed E-state index contributed by atoms with van der Waals surface area (Å²) in [5, 5.41) is 26.5. The molecule has 0 spiro atoms. The van der Waals surface area contributed by atoms with Crippen molar-refractivity contribution in [3.63, 3.8) is 0 Å². The molecule has 1 aromatic heterocycles. The number of thioether (sulfide) groups is 2. The van der Waals surface area contributed by atoms with Gasteiger partial charge in [0.25, 0.3) is 0 Å². The molecular formula is C11H17N3O3S2. The van der Waals surface area contributed by atoms with Crippen LogP contribution in [0.5, 0.6) is 0 Å². The van der Waals surface area contributed by atoms with E-state index in [0.717, 1.165) is 23.9 Å². The van der Waals surface area contributed by atoms with Crippen LogP contribution in [-0.4, -0.2) is 47.2 Å². The molecule has 19 heavy (non-hydrogen) atoms. The minimum absolute atomic E-state index is 0.0482. The number of aliphatic hydroxyl groups is 1. The Kier molecular flexibility index (Phi) is 4.75. The van der Waals surface area contributed by atoms with Crippen LogP contribution >= 0.6 is 23.5 Å². The molecule has 0 bridgehead atoms. The zero-order valence-corrected chi connectivity index (χ0v) is 12.3. The molecule has 1 aromatic rings. The number of hydrogen-bond donors (Lipinski definition) is 2. The van der Waals surface area contributed by atoms with E-state index in [4.69, 9.17) is 5.11 Å². The normalized spacial score (nSPS) is 22.8. The summed E-state index contributed by atoms with van der Waals surface area (Å²) in [4.78, 5) is 10.6. The molecule has 1 saturated heterocycles. The van der Waals surface area contributed by atoms with Crippen LogP contribution in [0.25, 0.3) is 0 Å². The first-order chi connectivity index (χ1) is 9.04. The maximum Gasteiger partial charge on any atom is 0.313 e. The Hall–Kier alpha value is -0.730. The van der Waals surface area contributed by atoms with Gasteiger partial charge in [0.1, 0.15) is 6.61 Å². The molecule has 6 nitrogen and oxygen atoms in total. The lowest BCUT2D eigenvalue weighted by molar-refractivity contribution is -0.133. The van der Waals surface area contributed by atoms with Crippen LogP contribution in [0.4, 0.5) is 0 Å². The lowest BCUT2D eigenvalue weighted by atomic mass is 10.1. The van der Waals surface area contributed by atoms with E-state index >= 15 is 0 Å². The minimum atomic E-state index is -0.883. The number of hydrogen-bond acceptors (Lipinski definition) is 6. The molecule has 1 fully saturated rings. The van der Waals surface area contributed by atoms with Gasteiger partial charge in [-0.1, -0.05) is 11.8 Å². The van der Waals surface area contributed by atoms with Gasteiger partial charge in [0.05, 0.1) is 5.75 Å². The largest absolute Gasteiger partial charge is 0.481 e. The van der Waals surface area contributed by atoms with Crippen LogP contribution < -0.4 is 0 Å². The fourth-order valence-electron chi connectivity index (χ4n) is 2.12. The van der Waals surface area contributed by atoms with Crippen molar-refractivity contribution in [3.8, 4) is 0 Å². The van der Waals surface area contributed by atoms with Crippen LogP contribution in [0.15, 0.2) is 5.16 Å². The van der Waals surface area contributed by atoms with Crippen LogP contribution in [0.2, 0.25) is 0 Å². The first-order valence-corrected chi connectivity index (χ1v) is 8.03. The molecule has 1 atom stereocenters. The van der Waals surface area contributed by atoms with Gasteiger partial charge in [-0.25, -0.2) is 0 Å². The second-order valence-corrected chi connectivity index (χ2v) is 7.35. The number of aromatic nitrogens is 3. The molecule has 8 heteroatoms. The van der Waals surface area contributed by atoms with Gasteiger partial charge in [-0.2, -0.15) is 11.8 Å². The second kappa shape index (κ2) is 6.15. The molecular weight excluding hydrogens is 286 g/mol. The Morgan fingerprint density at radius 2 is 2.37 bits per heavy atom. The molecule has 2 heterocycles. The molecule has 106 valence electrons. The molecule has 1 unspecified atom stereocenters. The van der Waals surface area contributed by atoms with E-state index < -0.39 is 5.97 Å². The average molecular weight is 303 g/mol. The van der Waals surface area contributed by atoms with Gasteiger partial charge in [0.2, 0.25) is 0 Å². The van der Waals surface area contributed by atoms with Crippen molar-refractivity contribution in [2.75, 3.05) is 11.5 Å². The Bertz CT molecular complexity index is 458. The highest BCUT2D eigenvalue weighted by molar-refractivity contribution is 8.00. The minimum Gasteiger partial charge on any atom is -0.481 e. The van der Waals surface area contributed by atoms with Crippen molar-refractivity contribution in [1.82, 2.24) is 14.8 Å². The second-order valence-electron chi connectivity index (χ2n) is 4.73. The standard InChI is InChI=1S/C11H17N3O3S2/c1-11(3-2-4-19-11)7-14-8(5-15)12-13-10(14)18-6-9(16)17/h15H,2-7H2,1H3,(H,16,17). The molecule has 0 amide bonds. The molecule has 0 aromatic carbocycles. The third-order valence-electron chi connectivity index (χ3n) is 3.05. The first-order valence-electron chi connectivity index (χ1n) is 6.05. The van der Waals surface area contributed by atoms with Crippen LogP contribution in [0.1, 0.15) is 25.6 Å². The van der Waals surface area contributed by atoms with Gasteiger partial charge in [-0.15, -0.1) is 10.2 Å². The summed E-state index contributed by atoms with van der Waals surface area (Å²) in [5.74, 6) is 0.714. The van der Waals surface area contributed by atoms with E-state index in [1.54, 1.807) is 0 Å². The van der Waals surface area contributed by atoms with Crippen molar-refractivity contribution in [2.45, 2.75) is 42.8 Å². The summed E-state index contributed by atoms with van der Waals surface area (Å²) in [6.45, 7) is 2.72. The van der Waals surface area contributed by atoms with Crippen LogP contribution in [0.3, 0.4) is 0 Å². The lowest BCUT2D eigenvalue weighted by Gasteiger charge is -2.24. The maximum atomic E-state index is 10.6. The summed E-state index contributed by atoms with van der Waals surface area (Å²) in [6.07, 6.45) is 2.30. The Morgan fingerprint density at radius 1 is 1.58 bits per heavy atom. The third-order valence-corrected chi connectivity index (χ3v) is 5.53. The zero-order chi connectivity index (χ0) is 13.9. The number of carbonyl (C=O) groups is 1.